The van der Waals surface area contributed by atoms with Crippen molar-refractivity contribution in [3.63, 3.8) is 0 Å². The van der Waals surface area contributed by atoms with Crippen LogP contribution in [0.2, 0.25) is 0 Å². The highest BCUT2D eigenvalue weighted by molar-refractivity contribution is 5.85. The summed E-state index contributed by atoms with van der Waals surface area (Å²) in [5.74, 6) is -0.534. The second-order valence-electron chi connectivity index (χ2n) is 8.83. The molecular weight excluding hydrogens is 387 g/mol. The molecule has 1 aromatic rings. The molecule has 166 valence electrons. The molecule has 0 aliphatic carbocycles. The van der Waals surface area contributed by atoms with Crippen molar-refractivity contribution < 1.29 is 18.8 Å². The maximum atomic E-state index is 12.9. The molecule has 0 radical (unpaired) electrons. The Morgan fingerprint density at radius 2 is 1.67 bits per heavy atom. The first-order valence-electron chi connectivity index (χ1n) is 10.3. The molecule has 1 aliphatic rings. The van der Waals surface area contributed by atoms with E-state index in [0.29, 0.717) is 39.1 Å². The minimum Gasteiger partial charge on any atom is -0.350 e. The molecule has 1 saturated heterocycles. The normalized spacial score (nSPS) is 15.0. The number of hydrogen-bond donors (Lipinski definition) is 1. The number of carbonyl (C=O) groups excluding carboxylic acids is 3. The van der Waals surface area contributed by atoms with Crippen LogP contribution in [0.1, 0.15) is 32.8 Å². The fourth-order valence-corrected chi connectivity index (χ4v) is 3.30. The van der Waals surface area contributed by atoms with E-state index in [-0.39, 0.29) is 42.0 Å². The van der Waals surface area contributed by atoms with Gasteiger partial charge < -0.3 is 15.1 Å². The third-order valence-corrected chi connectivity index (χ3v) is 4.95. The first-order valence-corrected chi connectivity index (χ1v) is 10.3. The molecule has 1 N–H and O–H groups in total. The first-order chi connectivity index (χ1) is 14.0. The van der Waals surface area contributed by atoms with Crippen molar-refractivity contribution in [2.24, 2.45) is 0 Å². The number of likely N-dealkylation sites (N-methyl/N-ethyl adjacent to an activating group) is 1. The van der Waals surface area contributed by atoms with Gasteiger partial charge in [0.15, 0.2) is 0 Å². The van der Waals surface area contributed by atoms with Gasteiger partial charge >= 0.3 is 0 Å². The fraction of sp³-hybridized carbons (Fsp3) is 0.591. The van der Waals surface area contributed by atoms with Gasteiger partial charge in [-0.15, -0.1) is 0 Å². The lowest BCUT2D eigenvalue weighted by atomic mass is 10.1. The molecule has 3 amide bonds. The quantitative estimate of drug-likeness (QED) is 0.721. The number of piperazine rings is 1. The lowest BCUT2D eigenvalue weighted by Crippen LogP contribution is -2.54. The molecule has 0 atom stereocenters. The average molecular weight is 421 g/mol. The minimum absolute atomic E-state index is 0.0197. The topological polar surface area (TPSA) is 73.0 Å². The van der Waals surface area contributed by atoms with Crippen molar-refractivity contribution in [3.8, 4) is 0 Å². The Labute approximate surface area is 178 Å². The van der Waals surface area contributed by atoms with Crippen LogP contribution in [0.15, 0.2) is 24.3 Å². The largest absolute Gasteiger partial charge is 0.350 e. The van der Waals surface area contributed by atoms with Crippen molar-refractivity contribution in [2.45, 2.75) is 39.2 Å². The van der Waals surface area contributed by atoms with E-state index >= 15 is 0 Å². The lowest BCUT2D eigenvalue weighted by molar-refractivity contribution is -0.140. The van der Waals surface area contributed by atoms with Crippen LogP contribution in [0.25, 0.3) is 0 Å². The van der Waals surface area contributed by atoms with Gasteiger partial charge in [-0.2, -0.15) is 0 Å². The molecule has 0 spiro atoms. The summed E-state index contributed by atoms with van der Waals surface area (Å²) in [7, 11) is 1.62. The molecule has 1 heterocycles. The van der Waals surface area contributed by atoms with Crippen molar-refractivity contribution in [1.29, 1.82) is 0 Å². The summed E-state index contributed by atoms with van der Waals surface area (Å²) in [6, 6.07) is 6.07. The summed E-state index contributed by atoms with van der Waals surface area (Å²) < 4.78 is 12.9. The minimum atomic E-state index is -0.303. The second-order valence-corrected chi connectivity index (χ2v) is 8.83. The monoisotopic (exact) mass is 420 g/mol. The Balaban J connectivity index is 1.71. The van der Waals surface area contributed by atoms with E-state index in [4.69, 9.17) is 0 Å². The highest BCUT2D eigenvalue weighted by Crippen LogP contribution is 2.08. The Morgan fingerprint density at radius 1 is 1.07 bits per heavy atom. The first kappa shape index (κ1) is 23.8. The number of nitrogens with one attached hydrogen (secondary N) is 1. The van der Waals surface area contributed by atoms with Gasteiger partial charge in [-0.05, 0) is 44.9 Å². The summed E-state index contributed by atoms with van der Waals surface area (Å²) in [6.07, 6.45) is 0.777. The van der Waals surface area contributed by atoms with E-state index in [1.54, 1.807) is 24.1 Å². The highest BCUT2D eigenvalue weighted by atomic mass is 19.1. The van der Waals surface area contributed by atoms with Crippen LogP contribution >= 0.6 is 0 Å². The number of amides is 3. The van der Waals surface area contributed by atoms with Crippen molar-refractivity contribution >= 4 is 17.7 Å². The fourth-order valence-electron chi connectivity index (χ4n) is 3.30. The zero-order chi connectivity index (χ0) is 22.3. The number of rotatable bonds is 7. The Kier molecular flexibility index (Phi) is 8.34. The third-order valence-electron chi connectivity index (χ3n) is 4.95. The average Bonchev–Trinajstić information content (AvgIpc) is 2.66. The predicted molar refractivity (Wildman–Crippen MR) is 113 cm³/mol. The van der Waals surface area contributed by atoms with E-state index in [0.717, 1.165) is 5.56 Å². The Bertz CT molecular complexity index is 738. The predicted octanol–water partition coefficient (Wildman–Crippen LogP) is 1.28. The standard InChI is InChI=1S/C22H33FN4O3/c1-22(2,3)24-19(28)15-26-11-13-27(14-12-26)21(30)16-25(4)20(29)10-7-17-5-8-18(23)9-6-17/h5-6,8-9H,7,10-16H2,1-4H3,(H,24,28). The Hall–Kier alpha value is -2.48. The summed E-state index contributed by atoms with van der Waals surface area (Å²) in [6.45, 7) is 8.53. The van der Waals surface area contributed by atoms with E-state index in [1.807, 2.05) is 25.7 Å². The van der Waals surface area contributed by atoms with Gasteiger partial charge in [0.05, 0.1) is 13.1 Å². The number of halogens is 1. The third kappa shape index (κ3) is 8.10. The second kappa shape index (κ2) is 10.5. The van der Waals surface area contributed by atoms with Gasteiger partial charge in [-0.25, -0.2) is 4.39 Å². The molecule has 0 saturated carbocycles. The zero-order valence-corrected chi connectivity index (χ0v) is 18.4. The number of carbonyl (C=O) groups is 3. The van der Waals surface area contributed by atoms with E-state index < -0.39 is 0 Å². The maximum Gasteiger partial charge on any atom is 0.242 e. The summed E-state index contributed by atoms with van der Waals surface area (Å²) in [5.41, 5.74) is 0.624. The van der Waals surface area contributed by atoms with Gasteiger partial charge in [0.1, 0.15) is 5.82 Å². The molecule has 30 heavy (non-hydrogen) atoms. The van der Waals surface area contributed by atoms with Crippen LogP contribution < -0.4 is 5.32 Å². The summed E-state index contributed by atoms with van der Waals surface area (Å²) in [5, 5.41) is 2.94. The highest BCUT2D eigenvalue weighted by Gasteiger charge is 2.25. The van der Waals surface area contributed by atoms with Crippen molar-refractivity contribution in [1.82, 2.24) is 20.0 Å². The van der Waals surface area contributed by atoms with Gasteiger partial charge in [0, 0.05) is 45.2 Å². The molecule has 1 aliphatic heterocycles. The van der Waals surface area contributed by atoms with E-state index in [2.05, 4.69) is 5.32 Å². The van der Waals surface area contributed by atoms with Gasteiger partial charge in [-0.3, -0.25) is 19.3 Å². The zero-order valence-electron chi connectivity index (χ0n) is 18.4. The van der Waals surface area contributed by atoms with Crippen LogP contribution in [0.5, 0.6) is 0 Å². The molecule has 0 aromatic heterocycles. The number of benzene rings is 1. The SMILES string of the molecule is CN(CC(=O)N1CCN(CC(=O)NC(C)(C)C)CC1)C(=O)CCc1ccc(F)cc1. The number of nitrogens with zero attached hydrogens (tertiary/aromatic N) is 3. The summed E-state index contributed by atoms with van der Waals surface area (Å²) >= 11 is 0. The summed E-state index contributed by atoms with van der Waals surface area (Å²) in [4.78, 5) is 42.1. The number of hydrogen-bond acceptors (Lipinski definition) is 4. The molecule has 7 nitrogen and oxygen atoms in total. The molecule has 0 bridgehead atoms. The molecule has 8 heteroatoms. The molecule has 1 fully saturated rings. The van der Waals surface area contributed by atoms with Crippen LogP contribution in [-0.4, -0.2) is 84.3 Å². The van der Waals surface area contributed by atoms with Crippen molar-refractivity contribution in [3.05, 3.63) is 35.6 Å². The molecule has 0 unspecified atom stereocenters. The van der Waals surface area contributed by atoms with Gasteiger partial charge in [0.2, 0.25) is 17.7 Å². The molecule has 2 rings (SSSR count). The molecule has 1 aromatic carbocycles. The van der Waals surface area contributed by atoms with Crippen LogP contribution in [-0.2, 0) is 20.8 Å². The van der Waals surface area contributed by atoms with Crippen LogP contribution in [0.4, 0.5) is 4.39 Å². The van der Waals surface area contributed by atoms with Crippen molar-refractivity contribution in [2.75, 3.05) is 46.3 Å². The Morgan fingerprint density at radius 3 is 2.23 bits per heavy atom. The number of aryl methyl sites for hydroxylation is 1. The van der Waals surface area contributed by atoms with Crippen LogP contribution in [0, 0.1) is 5.82 Å². The lowest BCUT2D eigenvalue weighted by Gasteiger charge is -2.35. The maximum absolute atomic E-state index is 12.9. The van der Waals surface area contributed by atoms with E-state index in [1.165, 1.54) is 17.0 Å². The van der Waals surface area contributed by atoms with E-state index in [9.17, 15) is 18.8 Å². The van der Waals surface area contributed by atoms with Gasteiger partial charge in [0.25, 0.3) is 0 Å². The van der Waals surface area contributed by atoms with Gasteiger partial charge in [-0.1, -0.05) is 12.1 Å². The van der Waals surface area contributed by atoms with Crippen LogP contribution in [0.3, 0.4) is 0 Å². The smallest absolute Gasteiger partial charge is 0.242 e. The molecular formula is C22H33FN4O3.